The zero-order valence-corrected chi connectivity index (χ0v) is 66.7. The number of fused-ring (bicyclic) bond motifs is 8. The molecule has 0 fully saturated rings. The van der Waals surface area contributed by atoms with Crippen molar-refractivity contribution in [1.29, 1.82) is 0 Å². The van der Waals surface area contributed by atoms with Crippen LogP contribution in [0.3, 0.4) is 0 Å². The molecule has 8 nitrogen and oxygen atoms in total. The monoisotopic (exact) mass is 1430 g/mol. The Labute approximate surface area is 643 Å². The number of anilines is 4. The number of benzene rings is 11. The summed E-state index contributed by atoms with van der Waals surface area (Å²) in [7, 11) is 0. The van der Waals surface area contributed by atoms with Gasteiger partial charge in [-0.3, -0.25) is 0 Å². The molecule has 0 radical (unpaired) electrons. The number of phenols is 4. The van der Waals surface area contributed by atoms with Gasteiger partial charge in [0, 0.05) is 151 Å². The normalized spacial score (nSPS) is 14.1. The average molecular weight is 1430 g/mol. The van der Waals surface area contributed by atoms with Gasteiger partial charge in [0.2, 0.25) is 0 Å². The molecule has 0 saturated heterocycles. The molecule has 0 heterocycles. The Morgan fingerprint density at radius 3 is 0.657 bits per heavy atom. The first-order valence-electron chi connectivity index (χ1n) is 38.8. The van der Waals surface area contributed by atoms with E-state index in [0.717, 1.165) is 22.7 Å². The van der Waals surface area contributed by atoms with E-state index in [0.29, 0.717) is 96.9 Å². The van der Waals surface area contributed by atoms with E-state index in [1.165, 1.54) is 122 Å². The molecule has 0 aliphatic heterocycles. The predicted molar refractivity (Wildman–Crippen MR) is 451 cm³/mol. The van der Waals surface area contributed by atoms with Crippen molar-refractivity contribution in [1.82, 2.24) is 0 Å². The first-order chi connectivity index (χ1) is 51.6. The molecule has 554 valence electrons. The molecular weight excluding hydrogens is 1320 g/mol. The molecule has 2 aliphatic carbocycles. The molecule has 0 saturated carbocycles. The van der Waals surface area contributed by atoms with Gasteiger partial charge in [0.25, 0.3) is 0 Å². The van der Waals surface area contributed by atoms with Gasteiger partial charge in [0.15, 0.2) is 0 Å². The zero-order valence-electron chi connectivity index (χ0n) is 66.7. The van der Waals surface area contributed by atoms with E-state index in [1.807, 2.05) is 0 Å². The number of rotatable bonds is 20. The maximum absolute atomic E-state index is 13.7. The van der Waals surface area contributed by atoms with Gasteiger partial charge in [-0.05, 0) is 236 Å². The van der Waals surface area contributed by atoms with Gasteiger partial charge in [-0.25, -0.2) is 0 Å². The van der Waals surface area contributed by atoms with Crippen molar-refractivity contribution >= 4 is 22.7 Å². The highest BCUT2D eigenvalue weighted by Crippen LogP contribution is 2.45. The summed E-state index contributed by atoms with van der Waals surface area (Å²) in [6, 6.07) is 64.2. The van der Waals surface area contributed by atoms with E-state index in [-0.39, 0.29) is 60.5 Å². The molecule has 2 aliphatic rings. The Morgan fingerprint density at radius 2 is 0.463 bits per heavy atom. The van der Waals surface area contributed by atoms with Crippen molar-refractivity contribution in [2.24, 2.45) is 11.8 Å². The highest BCUT2D eigenvalue weighted by molar-refractivity contribution is 5.69. The smallest absolute Gasteiger partial charge is 0.122 e. The molecule has 2 atom stereocenters. The molecule has 13 rings (SSSR count). The van der Waals surface area contributed by atoms with Crippen LogP contribution in [0.1, 0.15) is 175 Å². The third-order valence-corrected chi connectivity index (χ3v) is 23.2. The lowest BCUT2D eigenvalue weighted by molar-refractivity contribution is 0.450. The summed E-state index contributed by atoms with van der Waals surface area (Å²) in [5.74, 6) is 0.887. The molecule has 11 aromatic rings. The van der Waals surface area contributed by atoms with Crippen molar-refractivity contribution < 1.29 is 20.4 Å². The number of aryl methyl sites for hydroxylation is 14. The molecule has 8 bridgehead atoms. The van der Waals surface area contributed by atoms with Gasteiger partial charge in [0.1, 0.15) is 23.0 Å². The Hall–Kier alpha value is -10.7. The number of allylic oxidation sites excluding steroid dienone is 3. The molecule has 8 heteroatoms. The van der Waals surface area contributed by atoms with E-state index in [9.17, 15) is 20.4 Å². The van der Waals surface area contributed by atoms with Crippen molar-refractivity contribution in [3.05, 3.63) is 361 Å². The molecule has 0 spiro atoms. The predicted octanol–water partition coefficient (Wildman–Crippen LogP) is 22.9. The van der Waals surface area contributed by atoms with Gasteiger partial charge in [0.05, 0.1) is 0 Å². The molecule has 108 heavy (non-hydrogen) atoms. The fourth-order valence-electron chi connectivity index (χ4n) is 16.7. The first kappa shape index (κ1) is 75.5. The number of hydrogen-bond donors (Lipinski definition) is 4. The number of nitrogens with zero attached hydrogens (tertiary/aromatic N) is 4. The van der Waals surface area contributed by atoms with E-state index in [1.54, 1.807) is 0 Å². The van der Waals surface area contributed by atoms with E-state index >= 15 is 0 Å². The minimum absolute atomic E-state index is 0.107. The number of aromatic hydroxyl groups is 4. The van der Waals surface area contributed by atoms with Crippen LogP contribution in [0, 0.1) is 109 Å². The largest absolute Gasteiger partial charge is 0.507 e. The van der Waals surface area contributed by atoms with Crippen molar-refractivity contribution in [2.45, 2.75) is 182 Å². The Balaban J connectivity index is 1.08. The van der Waals surface area contributed by atoms with E-state index in [2.05, 4.69) is 325 Å². The maximum Gasteiger partial charge on any atom is 0.122 e. The summed E-state index contributed by atoms with van der Waals surface area (Å²) in [4.78, 5) is 9.81. The Bertz CT molecular complexity index is 4930. The van der Waals surface area contributed by atoms with Crippen LogP contribution < -0.4 is 19.6 Å². The van der Waals surface area contributed by atoms with Gasteiger partial charge >= 0.3 is 0 Å². The lowest BCUT2D eigenvalue weighted by atomic mass is 9.86. The van der Waals surface area contributed by atoms with Crippen LogP contribution in [0.25, 0.3) is 0 Å². The molecular formula is C100H110N4O4. The highest BCUT2D eigenvalue weighted by Gasteiger charge is 2.29. The summed E-state index contributed by atoms with van der Waals surface area (Å²) in [5.41, 5.74) is 35.3. The summed E-state index contributed by atoms with van der Waals surface area (Å²) < 4.78 is 0. The molecule has 4 N–H and O–H groups in total. The zero-order chi connectivity index (χ0) is 76.5. The molecule has 0 aromatic heterocycles. The van der Waals surface area contributed by atoms with Crippen LogP contribution in [0.2, 0.25) is 0 Å². The van der Waals surface area contributed by atoms with Crippen LogP contribution in [0.5, 0.6) is 23.0 Å². The van der Waals surface area contributed by atoms with Crippen LogP contribution in [0.15, 0.2) is 200 Å². The van der Waals surface area contributed by atoms with E-state index < -0.39 is 0 Å². The second kappa shape index (κ2) is 32.0. The summed E-state index contributed by atoms with van der Waals surface area (Å²) in [6.45, 7) is 39.7. The van der Waals surface area contributed by atoms with Gasteiger partial charge in [-0.1, -0.05) is 197 Å². The summed E-state index contributed by atoms with van der Waals surface area (Å²) >= 11 is 0. The fraction of sp³-hybridized carbons (Fsp3) is 0.300. The fourth-order valence-corrected chi connectivity index (χ4v) is 16.7. The first-order valence-corrected chi connectivity index (χ1v) is 38.8. The van der Waals surface area contributed by atoms with E-state index in [4.69, 9.17) is 0 Å². The van der Waals surface area contributed by atoms with Crippen LogP contribution in [-0.4, -0.2) is 27.0 Å². The van der Waals surface area contributed by atoms with Crippen LogP contribution >= 0.6 is 0 Å². The van der Waals surface area contributed by atoms with Crippen molar-refractivity contribution in [3.63, 3.8) is 0 Å². The summed E-state index contributed by atoms with van der Waals surface area (Å²) in [5, 5.41) is 54.6. The topological polar surface area (TPSA) is 93.9 Å². The quantitative estimate of drug-likeness (QED) is 0.0600. The standard InChI is InChI=1S/C100H110N4O4/c1-61-17-25-77(69(9)33-61)53-101(54-78-26-18-62(2)34-70(78)10)93-45-85-41-87-47-94(102(55-79-27-19-63(3)35-71(79)11)56-80-28-20-64(4)36-72(80)12)49-89(98(87)106)43-91-51-96(104(59-83-31-23-67(7)39-75(83)15)60-84-32-24-68(8)40-76(84)16)52-92(100(91)108)44-90-50-95(48-88(99(90)107)42-86(46-93)97(85)105)103(57-81-29-21-65(5)37-73(81)13)58-82-30-22-66(6)38-74(82)14/h17-40,45-52,69,77,105-108H,41-44,53-60H2,1-16H3/t69?,77-/m1/s1. The van der Waals surface area contributed by atoms with Crippen molar-refractivity contribution in [3.8, 4) is 23.0 Å². The average Bonchev–Trinajstić information content (AvgIpc) is 0.767. The Morgan fingerprint density at radius 1 is 0.269 bits per heavy atom. The van der Waals surface area contributed by atoms with Crippen LogP contribution in [-0.2, 0) is 71.5 Å². The third kappa shape index (κ3) is 17.3. The minimum atomic E-state index is 0.107. The molecule has 1 unspecified atom stereocenters. The van der Waals surface area contributed by atoms with Crippen LogP contribution in [0.4, 0.5) is 22.7 Å². The van der Waals surface area contributed by atoms with Gasteiger partial charge in [-0.15, -0.1) is 0 Å². The van der Waals surface area contributed by atoms with Crippen molar-refractivity contribution in [2.75, 3.05) is 26.1 Å². The maximum atomic E-state index is 13.7. The second-order valence-corrected chi connectivity index (χ2v) is 32.4. The molecule has 0 amide bonds. The lowest BCUT2D eigenvalue weighted by Gasteiger charge is -2.33. The minimum Gasteiger partial charge on any atom is -0.507 e. The Kier molecular flexibility index (Phi) is 22.4. The highest BCUT2D eigenvalue weighted by atomic mass is 16.3. The number of phenolic OH excluding ortho intramolecular Hbond substituents is 4. The SMILES string of the molecule is CC1=CC(C)[C@@H](CN(Cc2ccc(C)cc2C)c2cc3c(O)c(c2)Cc2cc(N(Cc4ccc(C)cc4C)Cc4ccc(C)cc4C)cc(c2O)Cc2cc(N(Cc4ccc(C)cc4C)Cc4ccc(C)cc4C)cc(c2O)Cc2cc(N(Cc4ccc(C)cc4C)Cc4ccc(C)cc4C)cc(c2O)C3)C=C1. The number of hydrogen-bond acceptors (Lipinski definition) is 8. The lowest BCUT2D eigenvalue weighted by Crippen LogP contribution is -2.32. The second-order valence-electron chi connectivity index (χ2n) is 32.4. The van der Waals surface area contributed by atoms with Gasteiger partial charge in [-0.2, -0.15) is 0 Å². The van der Waals surface area contributed by atoms with Gasteiger partial charge < -0.3 is 40.0 Å². The molecule has 11 aromatic carbocycles. The summed E-state index contributed by atoms with van der Waals surface area (Å²) in [6.07, 6.45) is 7.62. The third-order valence-electron chi connectivity index (χ3n) is 23.2.